The summed E-state index contributed by atoms with van der Waals surface area (Å²) in [6, 6.07) is 21.4. The zero-order valence-electron chi connectivity index (χ0n) is 18.1. The van der Waals surface area contributed by atoms with Gasteiger partial charge in [0, 0.05) is 24.0 Å². The summed E-state index contributed by atoms with van der Waals surface area (Å²) in [6.07, 6.45) is 3.36. The van der Waals surface area contributed by atoms with Crippen LogP contribution in [-0.4, -0.2) is 41.2 Å². The average Bonchev–Trinajstić information content (AvgIpc) is 3.47. The van der Waals surface area contributed by atoms with Crippen LogP contribution in [0.3, 0.4) is 0 Å². The minimum atomic E-state index is -0.312. The van der Waals surface area contributed by atoms with Gasteiger partial charge in [-0.3, -0.25) is 24.2 Å². The van der Waals surface area contributed by atoms with Gasteiger partial charge in [0.25, 0.3) is 5.56 Å². The Hall–Kier alpha value is -4.15. The Kier molecular flexibility index (Phi) is 6.47. The van der Waals surface area contributed by atoms with E-state index in [2.05, 4.69) is 25.6 Å². The van der Waals surface area contributed by atoms with E-state index in [1.165, 1.54) is 22.5 Å². The van der Waals surface area contributed by atoms with Crippen molar-refractivity contribution in [3.05, 3.63) is 101 Å². The third-order valence-corrected chi connectivity index (χ3v) is 6.24. The summed E-state index contributed by atoms with van der Waals surface area (Å²) in [7, 11) is 0. The fraction of sp³-hybridized carbons (Fsp3) is 0.0417. The van der Waals surface area contributed by atoms with Crippen LogP contribution in [0.4, 0.5) is 5.82 Å². The molecule has 0 unspecified atom stereocenters. The Bertz CT molecular complexity index is 1530. The average molecular weight is 504 g/mol. The summed E-state index contributed by atoms with van der Waals surface area (Å²) in [5.74, 6) is 0.577. The summed E-state index contributed by atoms with van der Waals surface area (Å²) in [5.41, 5.74) is 1.84. The highest BCUT2D eigenvalue weighted by molar-refractivity contribution is 7.99. The van der Waals surface area contributed by atoms with Crippen LogP contribution in [0.1, 0.15) is 0 Å². The molecule has 0 aliphatic carbocycles. The molecule has 0 fully saturated rings. The largest absolute Gasteiger partial charge is 0.310 e. The summed E-state index contributed by atoms with van der Waals surface area (Å²) in [5, 5.41) is 15.3. The molecule has 9 nitrogen and oxygen atoms in total. The van der Waals surface area contributed by atoms with Crippen LogP contribution in [0.25, 0.3) is 22.8 Å². The number of aromatic nitrogens is 6. The van der Waals surface area contributed by atoms with E-state index < -0.39 is 0 Å². The number of H-pyrrole nitrogens is 1. The molecule has 2 N–H and O–H groups in total. The van der Waals surface area contributed by atoms with Gasteiger partial charge in [-0.25, -0.2) is 4.68 Å². The second kappa shape index (κ2) is 10.00. The van der Waals surface area contributed by atoms with Crippen molar-refractivity contribution in [3.8, 4) is 22.8 Å². The smallest absolute Gasteiger partial charge is 0.273 e. The number of hydrogen-bond donors (Lipinski definition) is 2. The number of nitrogens with zero attached hydrogens (tertiary/aromatic N) is 5. The number of pyridine rings is 1. The van der Waals surface area contributed by atoms with Crippen LogP contribution < -0.4 is 10.9 Å². The predicted octanol–water partition coefficient (Wildman–Crippen LogP) is 4.19. The normalized spacial score (nSPS) is 10.9. The van der Waals surface area contributed by atoms with Crippen molar-refractivity contribution >= 4 is 35.1 Å². The summed E-state index contributed by atoms with van der Waals surface area (Å²) in [6.45, 7) is 0. The number of hydrogen-bond acceptors (Lipinski definition) is 6. The Balaban J connectivity index is 1.37. The van der Waals surface area contributed by atoms with E-state index in [1.54, 1.807) is 35.2 Å². The van der Waals surface area contributed by atoms with Crippen LogP contribution in [0, 0.1) is 0 Å². The monoisotopic (exact) mass is 503 g/mol. The summed E-state index contributed by atoms with van der Waals surface area (Å²) >= 11 is 7.67. The number of nitrogens with one attached hydrogen (secondary N) is 2. The second-order valence-corrected chi connectivity index (χ2v) is 8.70. The van der Waals surface area contributed by atoms with Gasteiger partial charge >= 0.3 is 0 Å². The topological polar surface area (TPSA) is 110 Å². The Labute approximate surface area is 208 Å². The van der Waals surface area contributed by atoms with Crippen LogP contribution in [0.2, 0.25) is 5.02 Å². The van der Waals surface area contributed by atoms with Crippen molar-refractivity contribution in [2.75, 3.05) is 11.1 Å². The number of aromatic amines is 1. The number of carbonyl (C=O) groups excluding carboxylic acids is 1. The lowest BCUT2D eigenvalue weighted by Gasteiger charge is -2.11. The molecule has 0 aliphatic heterocycles. The highest BCUT2D eigenvalue weighted by atomic mass is 35.5. The number of amides is 1. The molecule has 0 atom stereocenters. The van der Waals surface area contributed by atoms with Gasteiger partial charge in [-0.2, -0.15) is 0 Å². The maximum absolute atomic E-state index is 12.7. The molecule has 5 rings (SSSR count). The molecule has 0 bridgehead atoms. The first-order valence-corrected chi connectivity index (χ1v) is 11.9. The highest BCUT2D eigenvalue weighted by Crippen LogP contribution is 2.31. The van der Waals surface area contributed by atoms with Crippen molar-refractivity contribution in [2.45, 2.75) is 5.16 Å². The number of carbonyl (C=O) groups is 1. The van der Waals surface area contributed by atoms with E-state index in [4.69, 9.17) is 11.6 Å². The van der Waals surface area contributed by atoms with E-state index in [9.17, 15) is 9.59 Å². The van der Waals surface area contributed by atoms with Gasteiger partial charge in [0.1, 0.15) is 5.82 Å². The third kappa shape index (κ3) is 4.88. The van der Waals surface area contributed by atoms with Crippen LogP contribution in [0.15, 0.2) is 95.1 Å². The lowest BCUT2D eigenvalue weighted by molar-refractivity contribution is -0.113. The molecule has 174 valence electrons. The summed E-state index contributed by atoms with van der Waals surface area (Å²) < 4.78 is 3.15. The molecule has 0 spiro atoms. The van der Waals surface area contributed by atoms with Gasteiger partial charge in [-0.1, -0.05) is 53.7 Å². The number of anilines is 1. The van der Waals surface area contributed by atoms with E-state index in [0.29, 0.717) is 33.2 Å². The van der Waals surface area contributed by atoms with Crippen molar-refractivity contribution in [1.29, 1.82) is 0 Å². The minimum Gasteiger partial charge on any atom is -0.310 e. The molecule has 2 aromatic carbocycles. The number of halogens is 1. The molecule has 5 aromatic rings. The van der Waals surface area contributed by atoms with Gasteiger partial charge in [-0.15, -0.1) is 10.2 Å². The molecular formula is C24H18ClN7O2S. The van der Waals surface area contributed by atoms with E-state index in [0.717, 1.165) is 5.56 Å². The lowest BCUT2D eigenvalue weighted by atomic mass is 10.2. The zero-order chi connectivity index (χ0) is 24.2. The van der Waals surface area contributed by atoms with Gasteiger partial charge < -0.3 is 5.32 Å². The Morgan fingerprint density at radius 1 is 1.03 bits per heavy atom. The SMILES string of the molecule is O=C(CSc1nnc(-c2cccnc2)n1-c1ccccc1Cl)Nc1cc(=O)n(-c2ccccc2)[nH]1. The van der Waals surface area contributed by atoms with Crippen molar-refractivity contribution in [2.24, 2.45) is 0 Å². The number of para-hydroxylation sites is 2. The molecule has 3 aromatic heterocycles. The Morgan fingerprint density at radius 3 is 2.60 bits per heavy atom. The Morgan fingerprint density at radius 2 is 1.83 bits per heavy atom. The quantitative estimate of drug-likeness (QED) is 0.322. The lowest BCUT2D eigenvalue weighted by Crippen LogP contribution is -2.15. The van der Waals surface area contributed by atoms with Gasteiger partial charge in [-0.05, 0) is 36.4 Å². The molecule has 1 amide bonds. The minimum absolute atomic E-state index is 0.0359. The van der Waals surface area contributed by atoms with E-state index in [1.807, 2.05) is 48.5 Å². The molecule has 0 radical (unpaired) electrons. The third-order valence-electron chi connectivity index (χ3n) is 4.99. The first kappa shape index (κ1) is 22.6. The fourth-order valence-corrected chi connectivity index (χ4v) is 4.41. The molecule has 3 heterocycles. The fourth-order valence-electron chi connectivity index (χ4n) is 3.44. The highest BCUT2D eigenvalue weighted by Gasteiger charge is 2.19. The zero-order valence-corrected chi connectivity index (χ0v) is 19.7. The van der Waals surface area contributed by atoms with Crippen LogP contribution >= 0.6 is 23.4 Å². The number of benzene rings is 2. The van der Waals surface area contributed by atoms with Crippen molar-refractivity contribution in [3.63, 3.8) is 0 Å². The molecular weight excluding hydrogens is 486 g/mol. The van der Waals surface area contributed by atoms with Gasteiger partial charge in [0.05, 0.1) is 22.2 Å². The first-order chi connectivity index (χ1) is 17.1. The van der Waals surface area contributed by atoms with E-state index >= 15 is 0 Å². The summed E-state index contributed by atoms with van der Waals surface area (Å²) in [4.78, 5) is 29.1. The van der Waals surface area contributed by atoms with Gasteiger partial charge in [0.2, 0.25) is 5.91 Å². The first-order valence-electron chi connectivity index (χ1n) is 10.5. The predicted molar refractivity (Wildman–Crippen MR) is 135 cm³/mol. The van der Waals surface area contributed by atoms with Gasteiger partial charge in [0.15, 0.2) is 11.0 Å². The molecule has 0 saturated heterocycles. The van der Waals surface area contributed by atoms with Crippen LogP contribution in [-0.2, 0) is 4.79 Å². The molecule has 35 heavy (non-hydrogen) atoms. The maximum atomic E-state index is 12.7. The maximum Gasteiger partial charge on any atom is 0.273 e. The second-order valence-electron chi connectivity index (χ2n) is 7.35. The molecule has 11 heteroatoms. The standard InChI is InChI=1S/C24H18ClN7O2S/c25-18-10-4-5-11-19(18)31-23(16-7-6-12-26-14-16)28-29-24(31)35-15-21(33)27-20-13-22(34)32(30-20)17-8-2-1-3-9-17/h1-14,30H,15H2,(H,27,33). The van der Waals surface area contributed by atoms with Crippen molar-refractivity contribution < 1.29 is 4.79 Å². The molecule has 0 aliphatic rings. The molecule has 0 saturated carbocycles. The van der Waals surface area contributed by atoms with Crippen molar-refractivity contribution in [1.82, 2.24) is 29.5 Å². The number of rotatable bonds is 7. The van der Waals surface area contributed by atoms with E-state index in [-0.39, 0.29) is 17.2 Å². The van der Waals surface area contributed by atoms with Crippen LogP contribution in [0.5, 0.6) is 0 Å². The number of thioether (sulfide) groups is 1.